The zero-order valence-electron chi connectivity index (χ0n) is 16.4. The molecule has 4 N–H and O–H groups in total. The van der Waals surface area contributed by atoms with Gasteiger partial charge in [0, 0.05) is 6.04 Å². The molecule has 1 aliphatic carbocycles. The minimum absolute atomic E-state index is 0.113. The summed E-state index contributed by atoms with van der Waals surface area (Å²) in [5.41, 5.74) is 3.33. The number of aromatic hydroxyl groups is 1. The number of carbonyl (C=O) groups is 3. The van der Waals surface area contributed by atoms with Gasteiger partial charge in [0.2, 0.25) is 0 Å². The Morgan fingerprint density at radius 2 is 1.63 bits per heavy atom. The minimum Gasteiger partial charge on any atom is -0.508 e. The molecule has 0 aliphatic heterocycles. The summed E-state index contributed by atoms with van der Waals surface area (Å²) in [7, 11) is 0. The molecule has 3 rings (SSSR count). The van der Waals surface area contributed by atoms with Gasteiger partial charge in [-0.2, -0.15) is 5.10 Å². The summed E-state index contributed by atoms with van der Waals surface area (Å²) in [5.74, 6) is -2.06. The molecule has 2 aromatic carbocycles. The van der Waals surface area contributed by atoms with Crippen molar-refractivity contribution in [3.05, 3.63) is 59.7 Å². The van der Waals surface area contributed by atoms with Crippen molar-refractivity contribution < 1.29 is 19.5 Å². The van der Waals surface area contributed by atoms with Gasteiger partial charge in [0.05, 0.1) is 17.5 Å². The van der Waals surface area contributed by atoms with Crippen molar-refractivity contribution in [2.24, 2.45) is 5.10 Å². The average molecular weight is 408 g/mol. The van der Waals surface area contributed by atoms with Crippen LogP contribution >= 0.6 is 0 Å². The van der Waals surface area contributed by atoms with Crippen molar-refractivity contribution in [1.82, 2.24) is 10.7 Å². The van der Waals surface area contributed by atoms with Crippen LogP contribution in [0.2, 0.25) is 0 Å². The summed E-state index contributed by atoms with van der Waals surface area (Å²) in [6, 6.07) is 12.8. The van der Waals surface area contributed by atoms with E-state index in [1.54, 1.807) is 36.4 Å². The molecule has 8 heteroatoms. The van der Waals surface area contributed by atoms with E-state index in [9.17, 15) is 19.5 Å². The lowest BCUT2D eigenvalue weighted by Gasteiger charge is -2.23. The highest BCUT2D eigenvalue weighted by molar-refractivity contribution is 6.40. The van der Waals surface area contributed by atoms with E-state index < -0.39 is 11.8 Å². The Kier molecular flexibility index (Phi) is 7.15. The molecule has 0 bridgehead atoms. The largest absolute Gasteiger partial charge is 0.508 e. The fraction of sp³-hybridized carbons (Fsp3) is 0.273. The highest BCUT2D eigenvalue weighted by Crippen LogP contribution is 2.20. The number of hydrogen-bond donors (Lipinski definition) is 4. The van der Waals surface area contributed by atoms with Crippen LogP contribution in [0.1, 0.15) is 48.0 Å². The van der Waals surface area contributed by atoms with Crippen LogP contribution in [-0.4, -0.2) is 35.1 Å². The Balaban J connectivity index is 1.58. The SMILES string of the molecule is O=C(N/N=C\c1ccc(O)cc1)C(=O)Nc1ccccc1C(=O)NC1CCCCC1. The number of anilines is 1. The Bertz CT molecular complexity index is 934. The number of benzene rings is 2. The summed E-state index contributed by atoms with van der Waals surface area (Å²) < 4.78 is 0. The van der Waals surface area contributed by atoms with Crippen LogP contribution in [-0.2, 0) is 9.59 Å². The maximum absolute atomic E-state index is 12.6. The van der Waals surface area contributed by atoms with Crippen LogP contribution in [0.15, 0.2) is 53.6 Å². The second kappa shape index (κ2) is 10.2. The number of para-hydroxylation sites is 1. The first-order chi connectivity index (χ1) is 14.5. The van der Waals surface area contributed by atoms with Gasteiger partial charge in [-0.05, 0) is 54.8 Å². The van der Waals surface area contributed by atoms with Gasteiger partial charge in [0.25, 0.3) is 5.91 Å². The molecule has 0 unspecified atom stereocenters. The first-order valence-corrected chi connectivity index (χ1v) is 9.86. The van der Waals surface area contributed by atoms with Crippen LogP contribution in [0.25, 0.3) is 0 Å². The van der Waals surface area contributed by atoms with Gasteiger partial charge in [0.1, 0.15) is 5.75 Å². The Hall–Kier alpha value is -3.68. The average Bonchev–Trinajstić information content (AvgIpc) is 2.76. The summed E-state index contributed by atoms with van der Waals surface area (Å²) in [6.07, 6.45) is 6.60. The molecule has 0 saturated heterocycles. The molecule has 1 saturated carbocycles. The monoisotopic (exact) mass is 408 g/mol. The van der Waals surface area contributed by atoms with Gasteiger partial charge in [-0.15, -0.1) is 0 Å². The normalized spacial score (nSPS) is 14.3. The van der Waals surface area contributed by atoms with Crippen molar-refractivity contribution in [3.63, 3.8) is 0 Å². The number of nitrogens with one attached hydrogen (secondary N) is 3. The van der Waals surface area contributed by atoms with E-state index in [1.807, 2.05) is 0 Å². The van der Waals surface area contributed by atoms with Crippen LogP contribution in [0.5, 0.6) is 5.75 Å². The number of nitrogens with zero attached hydrogens (tertiary/aromatic N) is 1. The first-order valence-electron chi connectivity index (χ1n) is 9.86. The second-order valence-electron chi connectivity index (χ2n) is 7.10. The van der Waals surface area contributed by atoms with Crippen LogP contribution in [0.4, 0.5) is 5.69 Å². The minimum atomic E-state index is -0.965. The summed E-state index contributed by atoms with van der Waals surface area (Å²) in [4.78, 5) is 36.8. The van der Waals surface area contributed by atoms with Gasteiger partial charge in [0.15, 0.2) is 0 Å². The Morgan fingerprint density at radius 3 is 2.37 bits per heavy atom. The molecule has 0 radical (unpaired) electrons. The number of phenolic OH excluding ortho intramolecular Hbond substituents is 1. The highest BCUT2D eigenvalue weighted by atomic mass is 16.3. The van der Waals surface area contributed by atoms with Gasteiger partial charge in [-0.1, -0.05) is 31.4 Å². The van der Waals surface area contributed by atoms with E-state index in [0.29, 0.717) is 11.1 Å². The van der Waals surface area contributed by atoms with Crippen molar-refractivity contribution in [2.45, 2.75) is 38.1 Å². The molecule has 0 atom stereocenters. The lowest BCUT2D eigenvalue weighted by atomic mass is 9.95. The maximum Gasteiger partial charge on any atom is 0.329 e. The third kappa shape index (κ3) is 5.91. The molecule has 3 amide bonds. The molecule has 8 nitrogen and oxygen atoms in total. The topological polar surface area (TPSA) is 120 Å². The Labute approximate surface area is 174 Å². The summed E-state index contributed by atoms with van der Waals surface area (Å²) in [6.45, 7) is 0. The van der Waals surface area contributed by atoms with E-state index in [2.05, 4.69) is 21.2 Å². The fourth-order valence-corrected chi connectivity index (χ4v) is 3.26. The standard InChI is InChI=1S/C22H24N4O4/c27-17-12-10-15(11-13-17)14-23-26-22(30)21(29)25-19-9-5-4-8-18(19)20(28)24-16-6-2-1-3-7-16/h4-5,8-14,16,27H,1-3,6-7H2,(H,24,28)(H,25,29)(H,26,30)/b23-14-. The molecule has 156 valence electrons. The number of hydrazone groups is 1. The van der Waals surface area contributed by atoms with E-state index in [0.717, 1.165) is 25.7 Å². The van der Waals surface area contributed by atoms with Crippen molar-refractivity contribution >= 4 is 29.6 Å². The molecule has 1 fully saturated rings. The van der Waals surface area contributed by atoms with E-state index in [-0.39, 0.29) is 23.4 Å². The molecular formula is C22H24N4O4. The van der Waals surface area contributed by atoms with E-state index >= 15 is 0 Å². The van der Waals surface area contributed by atoms with E-state index in [1.165, 1.54) is 24.8 Å². The van der Waals surface area contributed by atoms with Crippen molar-refractivity contribution in [1.29, 1.82) is 0 Å². The quantitative estimate of drug-likeness (QED) is 0.345. The molecular weight excluding hydrogens is 384 g/mol. The molecule has 30 heavy (non-hydrogen) atoms. The van der Waals surface area contributed by atoms with Crippen LogP contribution in [0.3, 0.4) is 0 Å². The van der Waals surface area contributed by atoms with Gasteiger partial charge in [-0.3, -0.25) is 14.4 Å². The third-order valence-corrected chi connectivity index (χ3v) is 4.84. The molecule has 2 aromatic rings. The van der Waals surface area contributed by atoms with Gasteiger partial charge < -0.3 is 15.7 Å². The van der Waals surface area contributed by atoms with Crippen LogP contribution in [0, 0.1) is 0 Å². The van der Waals surface area contributed by atoms with Gasteiger partial charge in [-0.25, -0.2) is 5.43 Å². The molecule has 0 aromatic heterocycles. The fourth-order valence-electron chi connectivity index (χ4n) is 3.26. The molecule has 1 aliphatic rings. The lowest BCUT2D eigenvalue weighted by Crippen LogP contribution is -2.37. The number of amides is 3. The maximum atomic E-state index is 12.6. The zero-order valence-corrected chi connectivity index (χ0v) is 16.4. The lowest BCUT2D eigenvalue weighted by molar-refractivity contribution is -0.136. The third-order valence-electron chi connectivity index (χ3n) is 4.84. The predicted octanol–water partition coefficient (Wildman–Crippen LogP) is 2.54. The first kappa shape index (κ1) is 21.0. The van der Waals surface area contributed by atoms with Crippen molar-refractivity contribution in [2.75, 3.05) is 5.32 Å². The Morgan fingerprint density at radius 1 is 0.933 bits per heavy atom. The smallest absolute Gasteiger partial charge is 0.329 e. The van der Waals surface area contributed by atoms with E-state index in [4.69, 9.17) is 0 Å². The second-order valence-corrected chi connectivity index (χ2v) is 7.10. The van der Waals surface area contributed by atoms with Crippen LogP contribution < -0.4 is 16.1 Å². The van der Waals surface area contributed by atoms with Gasteiger partial charge >= 0.3 is 11.8 Å². The number of phenols is 1. The number of rotatable bonds is 5. The number of hydrogen-bond acceptors (Lipinski definition) is 5. The highest BCUT2D eigenvalue weighted by Gasteiger charge is 2.20. The molecule has 0 heterocycles. The predicted molar refractivity (Wildman–Crippen MR) is 113 cm³/mol. The zero-order chi connectivity index (χ0) is 21.3. The summed E-state index contributed by atoms with van der Waals surface area (Å²) >= 11 is 0. The molecule has 0 spiro atoms. The number of carbonyl (C=O) groups excluding carboxylic acids is 3. The summed E-state index contributed by atoms with van der Waals surface area (Å²) in [5, 5.41) is 18.4. The van der Waals surface area contributed by atoms with Crippen molar-refractivity contribution in [3.8, 4) is 5.75 Å².